The van der Waals surface area contributed by atoms with Gasteiger partial charge in [-0.25, -0.2) is 10.0 Å². The fourth-order valence-corrected chi connectivity index (χ4v) is 1.09. The van der Waals surface area contributed by atoms with Crippen LogP contribution in [0.15, 0.2) is 27.6 Å². The summed E-state index contributed by atoms with van der Waals surface area (Å²) in [5.74, 6) is 0.925. The highest BCUT2D eigenvalue weighted by molar-refractivity contribution is 5.81. The lowest BCUT2D eigenvalue weighted by molar-refractivity contribution is 0.417. The Morgan fingerprint density at radius 1 is 1.70 bits per heavy atom. The molecule has 0 bridgehead atoms. The number of rotatable bonds is 0. The van der Waals surface area contributed by atoms with Crippen LogP contribution < -0.4 is 0 Å². The zero-order valence-electron chi connectivity index (χ0n) is 5.73. The summed E-state index contributed by atoms with van der Waals surface area (Å²) in [4.78, 5) is 4.08. The van der Waals surface area contributed by atoms with Gasteiger partial charge in [-0.2, -0.15) is 5.11 Å². The molecule has 0 spiro atoms. The zero-order valence-corrected chi connectivity index (χ0v) is 5.73. The lowest BCUT2D eigenvalue weighted by Gasteiger charge is -2.20. The van der Waals surface area contributed by atoms with Crippen LogP contribution in [0.3, 0.4) is 0 Å². The Morgan fingerprint density at radius 2 is 2.60 bits per heavy atom. The van der Waals surface area contributed by atoms with Gasteiger partial charge in [-0.1, -0.05) is 5.22 Å². The maximum absolute atomic E-state index is 4.08. The van der Waals surface area contributed by atoms with Crippen molar-refractivity contribution in [3.05, 3.63) is 12.3 Å². The number of amidine groups is 1. The Bertz CT molecular complexity index is 228. The van der Waals surface area contributed by atoms with Crippen molar-refractivity contribution in [3.63, 3.8) is 0 Å². The Hall–Kier alpha value is -1.19. The fraction of sp³-hybridized carbons (Fsp3) is 0.500. The van der Waals surface area contributed by atoms with E-state index in [1.807, 2.05) is 24.2 Å². The highest BCUT2D eigenvalue weighted by atomic mass is 15.6. The summed E-state index contributed by atoms with van der Waals surface area (Å²) in [5.41, 5.74) is 0. The second-order valence-electron chi connectivity index (χ2n) is 2.34. The number of aliphatic imine (C=N–C) groups is 1. The molecule has 1 unspecified atom stereocenters. The van der Waals surface area contributed by atoms with Crippen LogP contribution in [0, 0.1) is 0 Å². The van der Waals surface area contributed by atoms with Crippen LogP contribution in [-0.4, -0.2) is 23.4 Å². The predicted octanol–water partition coefficient (Wildman–Crippen LogP) is 0.984. The first-order valence-corrected chi connectivity index (χ1v) is 3.25. The van der Waals surface area contributed by atoms with E-state index in [1.165, 1.54) is 0 Å². The van der Waals surface area contributed by atoms with Crippen molar-refractivity contribution in [2.75, 3.05) is 6.54 Å². The van der Waals surface area contributed by atoms with E-state index in [-0.39, 0.29) is 0 Å². The Labute approximate surface area is 58.9 Å². The van der Waals surface area contributed by atoms with Crippen LogP contribution >= 0.6 is 0 Å². The third-order valence-electron chi connectivity index (χ3n) is 1.64. The molecule has 4 nitrogen and oxygen atoms in total. The molecule has 0 saturated carbocycles. The second-order valence-corrected chi connectivity index (χ2v) is 2.34. The van der Waals surface area contributed by atoms with E-state index in [9.17, 15) is 0 Å². The van der Waals surface area contributed by atoms with Crippen molar-refractivity contribution >= 4 is 5.84 Å². The zero-order chi connectivity index (χ0) is 6.97. The molecule has 1 atom stereocenters. The smallest absolute Gasteiger partial charge is 0.124 e. The van der Waals surface area contributed by atoms with Gasteiger partial charge >= 0.3 is 0 Å². The van der Waals surface area contributed by atoms with E-state index >= 15 is 0 Å². The van der Waals surface area contributed by atoms with Gasteiger partial charge in [0, 0.05) is 6.20 Å². The molecule has 52 valence electrons. The molecule has 0 amide bonds. The summed E-state index contributed by atoms with van der Waals surface area (Å²) < 4.78 is 0. The SMILES string of the molecule is CC1=NC=CC2CN=NN12. The normalized spacial score (nSPS) is 28.7. The van der Waals surface area contributed by atoms with Crippen molar-refractivity contribution in [1.82, 2.24) is 5.01 Å². The van der Waals surface area contributed by atoms with Crippen molar-refractivity contribution in [1.29, 1.82) is 0 Å². The summed E-state index contributed by atoms with van der Waals surface area (Å²) in [5, 5.41) is 9.65. The second kappa shape index (κ2) is 1.90. The van der Waals surface area contributed by atoms with Crippen molar-refractivity contribution < 1.29 is 0 Å². The molecule has 2 heterocycles. The molecule has 0 aromatic carbocycles. The van der Waals surface area contributed by atoms with Gasteiger partial charge in [0.2, 0.25) is 0 Å². The monoisotopic (exact) mass is 136 g/mol. The summed E-state index contributed by atoms with van der Waals surface area (Å²) in [6.45, 7) is 2.70. The molecule has 0 radical (unpaired) electrons. The number of hydrogen-bond acceptors (Lipinski definition) is 4. The lowest BCUT2D eigenvalue weighted by Crippen LogP contribution is -2.32. The molecule has 0 aliphatic carbocycles. The third kappa shape index (κ3) is 0.650. The van der Waals surface area contributed by atoms with Gasteiger partial charge in [-0.05, 0) is 13.0 Å². The number of hydrogen-bond donors (Lipinski definition) is 0. The van der Waals surface area contributed by atoms with Crippen molar-refractivity contribution in [3.8, 4) is 0 Å². The van der Waals surface area contributed by atoms with Gasteiger partial charge in [0.1, 0.15) is 5.84 Å². The number of nitrogens with zero attached hydrogens (tertiary/aromatic N) is 4. The van der Waals surface area contributed by atoms with E-state index < -0.39 is 0 Å². The molecular formula is C6H8N4. The maximum atomic E-state index is 4.08. The molecule has 4 heteroatoms. The van der Waals surface area contributed by atoms with Gasteiger partial charge < -0.3 is 0 Å². The Morgan fingerprint density at radius 3 is 3.40 bits per heavy atom. The van der Waals surface area contributed by atoms with Gasteiger partial charge in [-0.15, -0.1) is 0 Å². The average Bonchev–Trinajstić information content (AvgIpc) is 2.36. The highest BCUT2D eigenvalue weighted by Crippen LogP contribution is 2.15. The van der Waals surface area contributed by atoms with Crippen molar-refractivity contribution in [2.24, 2.45) is 15.3 Å². The molecule has 2 rings (SSSR count). The van der Waals surface area contributed by atoms with Gasteiger partial charge in [0.15, 0.2) is 0 Å². The molecule has 2 aliphatic heterocycles. The van der Waals surface area contributed by atoms with E-state index in [2.05, 4.69) is 15.3 Å². The van der Waals surface area contributed by atoms with E-state index in [4.69, 9.17) is 0 Å². The molecule has 0 aromatic rings. The predicted molar refractivity (Wildman–Crippen MR) is 37.6 cm³/mol. The highest BCUT2D eigenvalue weighted by Gasteiger charge is 2.23. The van der Waals surface area contributed by atoms with E-state index in [0.717, 1.165) is 12.4 Å². The maximum Gasteiger partial charge on any atom is 0.124 e. The Kier molecular flexibility index (Phi) is 1.06. The van der Waals surface area contributed by atoms with Crippen LogP contribution in [0.1, 0.15) is 6.92 Å². The first-order valence-electron chi connectivity index (χ1n) is 3.25. The topological polar surface area (TPSA) is 40.3 Å². The van der Waals surface area contributed by atoms with Crippen LogP contribution in [0.5, 0.6) is 0 Å². The molecule has 0 fully saturated rings. The first-order chi connectivity index (χ1) is 4.88. The fourth-order valence-electron chi connectivity index (χ4n) is 1.09. The largest absolute Gasteiger partial charge is 0.242 e. The summed E-state index contributed by atoms with van der Waals surface area (Å²) in [6, 6.07) is 0.331. The molecular weight excluding hydrogens is 128 g/mol. The molecule has 2 aliphatic rings. The molecule has 0 N–H and O–H groups in total. The Balaban J connectivity index is 2.30. The molecule has 10 heavy (non-hydrogen) atoms. The average molecular weight is 136 g/mol. The molecule has 0 aromatic heterocycles. The minimum absolute atomic E-state index is 0.331. The minimum Gasteiger partial charge on any atom is -0.242 e. The van der Waals surface area contributed by atoms with E-state index in [1.54, 1.807) is 0 Å². The van der Waals surface area contributed by atoms with Gasteiger partial charge in [0.25, 0.3) is 0 Å². The standard InChI is InChI=1S/C6H8N4/c1-5-7-3-2-6-4-8-9-10(5)6/h2-3,6H,4H2,1H3. The number of fused-ring (bicyclic) bond motifs is 1. The van der Waals surface area contributed by atoms with Crippen LogP contribution in [0.25, 0.3) is 0 Å². The summed E-state index contributed by atoms with van der Waals surface area (Å²) >= 11 is 0. The third-order valence-corrected chi connectivity index (χ3v) is 1.64. The van der Waals surface area contributed by atoms with Gasteiger partial charge in [0.05, 0.1) is 12.6 Å². The lowest BCUT2D eigenvalue weighted by atomic mass is 10.2. The van der Waals surface area contributed by atoms with Crippen LogP contribution in [-0.2, 0) is 0 Å². The van der Waals surface area contributed by atoms with Crippen LogP contribution in [0.2, 0.25) is 0 Å². The summed E-state index contributed by atoms with van der Waals surface area (Å²) in [6.07, 6.45) is 3.82. The van der Waals surface area contributed by atoms with E-state index in [0.29, 0.717) is 6.04 Å². The summed E-state index contributed by atoms with van der Waals surface area (Å²) in [7, 11) is 0. The van der Waals surface area contributed by atoms with Crippen LogP contribution in [0.4, 0.5) is 0 Å². The quantitative estimate of drug-likeness (QED) is 0.489. The minimum atomic E-state index is 0.331. The molecule has 0 saturated heterocycles. The van der Waals surface area contributed by atoms with Crippen molar-refractivity contribution in [2.45, 2.75) is 13.0 Å². The van der Waals surface area contributed by atoms with Gasteiger partial charge in [-0.3, -0.25) is 0 Å². The first kappa shape index (κ1) is 5.58.